The normalized spacial score (nSPS) is 27.6. The van der Waals surface area contributed by atoms with E-state index in [2.05, 4.69) is 5.32 Å². The van der Waals surface area contributed by atoms with Crippen LogP contribution in [0.3, 0.4) is 0 Å². The number of aliphatic hydroxyl groups excluding tert-OH is 3. The fourth-order valence-corrected chi connectivity index (χ4v) is 2.05. The highest BCUT2D eigenvalue weighted by Gasteiger charge is 2.40. The van der Waals surface area contributed by atoms with Gasteiger partial charge in [-0.15, -0.1) is 0 Å². The number of carbonyl (C=O) groups excluding carboxylic acids is 1. The van der Waals surface area contributed by atoms with Crippen LogP contribution in [0.15, 0.2) is 11.8 Å². The number of amides is 1. The number of carbonyl (C=O) groups is 2. The van der Waals surface area contributed by atoms with E-state index in [4.69, 9.17) is 9.84 Å². The molecule has 1 heterocycles. The Morgan fingerprint density at radius 1 is 1.36 bits per heavy atom. The molecule has 0 saturated heterocycles. The van der Waals surface area contributed by atoms with Gasteiger partial charge in [-0.3, -0.25) is 4.79 Å². The molecule has 0 aromatic heterocycles. The van der Waals surface area contributed by atoms with E-state index in [9.17, 15) is 24.9 Å². The highest BCUT2D eigenvalue weighted by atomic mass is 16.5. The molecule has 0 aromatic carbocycles. The van der Waals surface area contributed by atoms with Crippen LogP contribution in [-0.2, 0) is 14.3 Å². The second-order valence-electron chi connectivity index (χ2n) is 5.73. The van der Waals surface area contributed by atoms with Gasteiger partial charge in [-0.05, 0) is 6.08 Å². The van der Waals surface area contributed by atoms with Gasteiger partial charge in [0.25, 0.3) is 0 Å². The third kappa shape index (κ3) is 4.43. The molecule has 0 saturated carbocycles. The number of hydrogen-bond acceptors (Lipinski definition) is 6. The van der Waals surface area contributed by atoms with Gasteiger partial charge in [0.2, 0.25) is 11.7 Å². The van der Waals surface area contributed by atoms with Crippen molar-refractivity contribution in [3.63, 3.8) is 0 Å². The molecule has 1 aliphatic rings. The Bertz CT molecular complexity index is 448. The number of ether oxygens (including phenoxy) is 1. The van der Waals surface area contributed by atoms with Gasteiger partial charge in [0, 0.05) is 18.4 Å². The van der Waals surface area contributed by atoms with E-state index in [0.29, 0.717) is 0 Å². The zero-order valence-electron chi connectivity index (χ0n) is 12.8. The highest BCUT2D eigenvalue weighted by Crippen LogP contribution is 2.27. The van der Waals surface area contributed by atoms with Crippen LogP contribution in [0.25, 0.3) is 0 Å². The average molecular weight is 317 g/mol. The molecule has 0 aromatic rings. The summed E-state index contributed by atoms with van der Waals surface area (Å²) < 4.78 is 5.15. The van der Waals surface area contributed by atoms with Gasteiger partial charge in [0.1, 0.15) is 18.3 Å². The zero-order valence-corrected chi connectivity index (χ0v) is 12.8. The first-order valence-electron chi connectivity index (χ1n) is 7.08. The van der Waals surface area contributed by atoms with E-state index in [1.807, 2.05) is 0 Å². The van der Waals surface area contributed by atoms with Crippen LogP contribution in [-0.4, -0.2) is 63.3 Å². The lowest BCUT2D eigenvalue weighted by atomic mass is 9.89. The van der Waals surface area contributed by atoms with E-state index in [1.165, 1.54) is 0 Å². The number of aliphatic carboxylic acids is 1. The van der Waals surface area contributed by atoms with Crippen molar-refractivity contribution in [1.82, 2.24) is 5.32 Å². The van der Waals surface area contributed by atoms with Crippen LogP contribution in [0.1, 0.15) is 20.8 Å². The summed E-state index contributed by atoms with van der Waals surface area (Å²) in [7, 11) is 0. The molecule has 5 N–H and O–H groups in total. The Kier molecular flexibility index (Phi) is 6.34. The zero-order chi connectivity index (χ0) is 17.0. The third-order valence-corrected chi connectivity index (χ3v) is 3.59. The molecule has 0 radical (unpaired) electrons. The molecular formula is C14H23NO7. The summed E-state index contributed by atoms with van der Waals surface area (Å²) in [5, 5.41) is 41.2. The van der Waals surface area contributed by atoms with E-state index in [1.54, 1.807) is 20.8 Å². The number of rotatable bonds is 6. The Morgan fingerprint density at radius 3 is 2.45 bits per heavy atom. The predicted molar refractivity (Wildman–Crippen MR) is 75.6 cm³/mol. The smallest absolute Gasteiger partial charge is 0.370 e. The second-order valence-corrected chi connectivity index (χ2v) is 5.73. The SMILES string of the molecule is CC(C)C(=O)NCC(O)C(O)C1OC(C(=O)O)=C[C@@H](O)[C@H]1C. The largest absolute Gasteiger partial charge is 0.480 e. The highest BCUT2D eigenvalue weighted by molar-refractivity contribution is 5.84. The number of carboxylic acid groups (broad SMARTS) is 1. The third-order valence-electron chi connectivity index (χ3n) is 3.59. The van der Waals surface area contributed by atoms with Gasteiger partial charge in [0.05, 0.1) is 6.10 Å². The van der Waals surface area contributed by atoms with Crippen LogP contribution < -0.4 is 5.32 Å². The van der Waals surface area contributed by atoms with Gasteiger partial charge in [-0.2, -0.15) is 0 Å². The molecule has 126 valence electrons. The van der Waals surface area contributed by atoms with Crippen molar-refractivity contribution >= 4 is 11.9 Å². The maximum atomic E-state index is 11.4. The number of carboxylic acids is 1. The van der Waals surface area contributed by atoms with Gasteiger partial charge in [-0.25, -0.2) is 4.79 Å². The van der Waals surface area contributed by atoms with E-state index >= 15 is 0 Å². The summed E-state index contributed by atoms with van der Waals surface area (Å²) in [6, 6.07) is 0. The van der Waals surface area contributed by atoms with Crippen molar-refractivity contribution in [3.05, 3.63) is 11.8 Å². The van der Waals surface area contributed by atoms with Crippen LogP contribution >= 0.6 is 0 Å². The van der Waals surface area contributed by atoms with E-state index in [-0.39, 0.29) is 18.4 Å². The molecule has 5 atom stereocenters. The second kappa shape index (κ2) is 7.57. The first-order chi connectivity index (χ1) is 10.1. The number of hydrogen-bond donors (Lipinski definition) is 5. The molecule has 0 fully saturated rings. The first kappa shape index (κ1) is 18.4. The summed E-state index contributed by atoms with van der Waals surface area (Å²) in [5.74, 6) is -3.01. The minimum Gasteiger partial charge on any atom is -0.480 e. The molecule has 1 rings (SSSR count). The molecule has 8 heteroatoms. The summed E-state index contributed by atoms with van der Waals surface area (Å²) in [6.45, 7) is 4.73. The topological polar surface area (TPSA) is 136 Å². The van der Waals surface area contributed by atoms with E-state index in [0.717, 1.165) is 6.08 Å². The van der Waals surface area contributed by atoms with Crippen LogP contribution in [0.4, 0.5) is 0 Å². The van der Waals surface area contributed by atoms with Crippen molar-refractivity contribution in [2.45, 2.75) is 45.2 Å². The van der Waals surface area contributed by atoms with Gasteiger partial charge >= 0.3 is 5.97 Å². The van der Waals surface area contributed by atoms with Crippen LogP contribution in [0.2, 0.25) is 0 Å². The molecule has 0 aliphatic carbocycles. The molecule has 0 bridgehead atoms. The molecule has 8 nitrogen and oxygen atoms in total. The number of aliphatic hydroxyl groups is 3. The molecule has 22 heavy (non-hydrogen) atoms. The molecular weight excluding hydrogens is 294 g/mol. The monoisotopic (exact) mass is 317 g/mol. The van der Waals surface area contributed by atoms with Crippen LogP contribution in [0, 0.1) is 11.8 Å². The first-order valence-corrected chi connectivity index (χ1v) is 7.08. The standard InChI is InChI=1S/C14H23NO7/c1-6(2)13(19)15-5-9(17)11(18)12-7(3)8(16)4-10(22-12)14(20)21/h4,6-9,11-12,16-18H,5H2,1-3H3,(H,15,19)(H,20,21)/t7-,8-,9?,11?,12?/m1/s1. The van der Waals surface area contributed by atoms with Crippen LogP contribution in [0.5, 0.6) is 0 Å². The maximum absolute atomic E-state index is 11.4. The molecule has 3 unspecified atom stereocenters. The fourth-order valence-electron chi connectivity index (χ4n) is 2.05. The lowest BCUT2D eigenvalue weighted by molar-refractivity contribution is -0.149. The molecule has 1 amide bonds. The van der Waals surface area contributed by atoms with Crippen molar-refractivity contribution in [1.29, 1.82) is 0 Å². The lowest BCUT2D eigenvalue weighted by Crippen LogP contribution is -2.51. The Labute approximate surface area is 128 Å². The Hall–Kier alpha value is -1.64. The lowest BCUT2D eigenvalue weighted by Gasteiger charge is -2.36. The van der Waals surface area contributed by atoms with Gasteiger partial charge in [0.15, 0.2) is 0 Å². The van der Waals surface area contributed by atoms with Gasteiger partial charge < -0.3 is 30.5 Å². The summed E-state index contributed by atoms with van der Waals surface area (Å²) in [4.78, 5) is 22.4. The Balaban J connectivity index is 2.70. The Morgan fingerprint density at radius 2 is 1.95 bits per heavy atom. The predicted octanol–water partition coefficient (Wildman–Crippen LogP) is -1.16. The molecule has 0 spiro atoms. The van der Waals surface area contributed by atoms with E-state index < -0.39 is 42.1 Å². The summed E-state index contributed by atoms with van der Waals surface area (Å²) in [6.07, 6.45) is -3.98. The minimum atomic E-state index is -1.46. The van der Waals surface area contributed by atoms with Crippen molar-refractivity contribution in [3.8, 4) is 0 Å². The summed E-state index contributed by atoms with van der Waals surface area (Å²) >= 11 is 0. The maximum Gasteiger partial charge on any atom is 0.370 e. The fraction of sp³-hybridized carbons (Fsp3) is 0.714. The van der Waals surface area contributed by atoms with Crippen molar-refractivity contribution in [2.75, 3.05) is 6.54 Å². The number of nitrogens with one attached hydrogen (secondary N) is 1. The molecule has 1 aliphatic heterocycles. The average Bonchev–Trinajstić information content (AvgIpc) is 2.45. The van der Waals surface area contributed by atoms with Crippen molar-refractivity contribution in [2.24, 2.45) is 11.8 Å². The minimum absolute atomic E-state index is 0.201. The van der Waals surface area contributed by atoms with Gasteiger partial charge in [-0.1, -0.05) is 20.8 Å². The quantitative estimate of drug-likeness (QED) is 0.417. The van der Waals surface area contributed by atoms with Crippen molar-refractivity contribution < 1.29 is 34.8 Å². The summed E-state index contributed by atoms with van der Waals surface area (Å²) in [5.41, 5.74) is 0.